The Labute approximate surface area is 96.4 Å². The first-order valence-corrected chi connectivity index (χ1v) is 6.52. The van der Waals surface area contributed by atoms with E-state index in [1.807, 2.05) is 30.8 Å². The molecular formula is C11H11BrOS. The molecule has 1 aliphatic heterocycles. The van der Waals surface area contributed by atoms with E-state index in [0.29, 0.717) is 0 Å². The normalized spacial score (nSPS) is 16.4. The number of halogens is 1. The summed E-state index contributed by atoms with van der Waals surface area (Å²) in [5, 5.41) is 0. The molecule has 0 aromatic heterocycles. The summed E-state index contributed by atoms with van der Waals surface area (Å²) in [6.07, 6.45) is 1.10. The summed E-state index contributed by atoms with van der Waals surface area (Å²) in [5.41, 5.74) is 2.16. The van der Waals surface area contributed by atoms with Crippen LogP contribution in [0.3, 0.4) is 0 Å². The average Bonchev–Trinajstić information content (AvgIpc) is 2.62. The number of ketones is 1. The molecule has 3 heteroatoms. The Kier molecular flexibility index (Phi) is 2.98. The monoisotopic (exact) mass is 270 g/mol. The molecule has 1 nitrogen and oxygen atoms in total. The molecule has 0 saturated heterocycles. The highest BCUT2D eigenvalue weighted by atomic mass is 79.9. The summed E-state index contributed by atoms with van der Waals surface area (Å²) in [6.45, 7) is 1.87. The maximum atomic E-state index is 11.7. The van der Waals surface area contributed by atoms with Crippen molar-refractivity contribution in [2.24, 2.45) is 0 Å². The third kappa shape index (κ3) is 1.89. The number of hydrogen-bond acceptors (Lipinski definition) is 2. The molecule has 1 aromatic carbocycles. The number of alkyl halides is 1. The summed E-state index contributed by atoms with van der Waals surface area (Å²) >= 11 is 5.18. The quantitative estimate of drug-likeness (QED) is 0.606. The second-order valence-electron chi connectivity index (χ2n) is 3.40. The summed E-state index contributed by atoms with van der Waals surface area (Å²) in [7, 11) is 0. The molecule has 0 spiro atoms. The molecule has 0 aliphatic carbocycles. The number of thioether (sulfide) groups is 1. The van der Waals surface area contributed by atoms with Crippen molar-refractivity contribution in [1.29, 1.82) is 0 Å². The van der Waals surface area contributed by atoms with Crippen LogP contribution < -0.4 is 0 Å². The lowest BCUT2D eigenvalue weighted by molar-refractivity contribution is 0.0995. The van der Waals surface area contributed by atoms with Gasteiger partial charge in [-0.3, -0.25) is 4.79 Å². The summed E-state index contributed by atoms with van der Waals surface area (Å²) in [6, 6.07) is 6.03. The Balaban J connectivity index is 2.33. The van der Waals surface area contributed by atoms with Gasteiger partial charge in [0.1, 0.15) is 0 Å². The van der Waals surface area contributed by atoms with Gasteiger partial charge in [0, 0.05) is 16.2 Å². The average molecular weight is 271 g/mol. The van der Waals surface area contributed by atoms with E-state index in [-0.39, 0.29) is 10.6 Å². The van der Waals surface area contributed by atoms with Gasteiger partial charge in [-0.2, -0.15) is 0 Å². The zero-order valence-electron chi connectivity index (χ0n) is 7.92. The van der Waals surface area contributed by atoms with Crippen molar-refractivity contribution in [3.63, 3.8) is 0 Å². The van der Waals surface area contributed by atoms with Crippen molar-refractivity contribution >= 4 is 33.5 Å². The highest BCUT2D eigenvalue weighted by molar-refractivity contribution is 9.10. The van der Waals surface area contributed by atoms with Crippen molar-refractivity contribution < 1.29 is 4.79 Å². The molecule has 0 saturated carbocycles. The molecule has 0 N–H and O–H groups in total. The van der Waals surface area contributed by atoms with E-state index < -0.39 is 0 Å². The van der Waals surface area contributed by atoms with Gasteiger partial charge < -0.3 is 0 Å². The maximum Gasteiger partial charge on any atom is 0.176 e. The Morgan fingerprint density at radius 3 is 3.07 bits per heavy atom. The molecule has 2 rings (SSSR count). The third-order valence-corrected chi connectivity index (χ3v) is 3.87. The van der Waals surface area contributed by atoms with E-state index >= 15 is 0 Å². The lowest BCUT2D eigenvalue weighted by atomic mass is 10.0. The van der Waals surface area contributed by atoms with Crippen molar-refractivity contribution in [1.82, 2.24) is 0 Å². The number of rotatable bonds is 2. The van der Waals surface area contributed by atoms with Gasteiger partial charge in [-0.15, -0.1) is 11.8 Å². The number of carbonyl (C=O) groups excluding carboxylic acids is 1. The first kappa shape index (κ1) is 10.2. The van der Waals surface area contributed by atoms with Gasteiger partial charge in [-0.1, -0.05) is 22.0 Å². The van der Waals surface area contributed by atoms with Crippen molar-refractivity contribution in [3.8, 4) is 0 Å². The fraction of sp³-hybridized carbons (Fsp3) is 0.364. The standard InChI is InChI=1S/C11H11BrOS/c1-7(12)11(13)9-2-3-10-8(6-9)4-5-14-10/h2-3,6-7H,4-5H2,1H3. The van der Waals surface area contributed by atoms with E-state index in [1.54, 1.807) is 0 Å². The van der Waals surface area contributed by atoms with E-state index in [9.17, 15) is 4.79 Å². The minimum Gasteiger partial charge on any atom is -0.293 e. The minimum absolute atomic E-state index is 0.0883. The highest BCUT2D eigenvalue weighted by Gasteiger charge is 2.16. The Hall–Kier alpha value is -0.280. The van der Waals surface area contributed by atoms with E-state index in [2.05, 4.69) is 22.0 Å². The molecule has 14 heavy (non-hydrogen) atoms. The van der Waals surface area contributed by atoms with Gasteiger partial charge in [0.05, 0.1) is 4.83 Å². The molecule has 0 radical (unpaired) electrons. The van der Waals surface area contributed by atoms with Crippen molar-refractivity contribution in [3.05, 3.63) is 29.3 Å². The van der Waals surface area contributed by atoms with E-state index in [1.165, 1.54) is 10.5 Å². The molecular weight excluding hydrogens is 260 g/mol. The maximum absolute atomic E-state index is 11.7. The highest BCUT2D eigenvalue weighted by Crippen LogP contribution is 2.32. The lowest BCUT2D eigenvalue weighted by Gasteiger charge is -2.04. The van der Waals surface area contributed by atoms with Gasteiger partial charge in [-0.25, -0.2) is 0 Å². The van der Waals surface area contributed by atoms with Crippen LogP contribution in [0.1, 0.15) is 22.8 Å². The van der Waals surface area contributed by atoms with Crippen LogP contribution in [-0.4, -0.2) is 16.4 Å². The first-order chi connectivity index (χ1) is 6.68. The van der Waals surface area contributed by atoms with Crippen LogP contribution in [0.4, 0.5) is 0 Å². The topological polar surface area (TPSA) is 17.1 Å². The molecule has 74 valence electrons. The van der Waals surface area contributed by atoms with Crippen molar-refractivity contribution in [2.75, 3.05) is 5.75 Å². The predicted octanol–water partition coefficient (Wildman–Crippen LogP) is 3.30. The lowest BCUT2D eigenvalue weighted by Crippen LogP contribution is -2.10. The van der Waals surface area contributed by atoms with Crippen molar-refractivity contribution in [2.45, 2.75) is 23.1 Å². The molecule has 1 aliphatic rings. The van der Waals surface area contributed by atoms with E-state index in [0.717, 1.165) is 17.7 Å². The number of benzene rings is 1. The van der Waals surface area contributed by atoms with Gasteiger partial charge in [0.15, 0.2) is 5.78 Å². The second-order valence-corrected chi connectivity index (χ2v) is 5.91. The molecule has 1 heterocycles. The van der Waals surface area contributed by atoms with Crippen LogP contribution in [0, 0.1) is 0 Å². The van der Waals surface area contributed by atoms with Crippen LogP contribution in [0.5, 0.6) is 0 Å². The summed E-state index contributed by atoms with van der Waals surface area (Å²) in [5.74, 6) is 1.32. The number of carbonyl (C=O) groups is 1. The molecule has 0 bridgehead atoms. The Morgan fingerprint density at radius 1 is 1.57 bits per heavy atom. The summed E-state index contributed by atoms with van der Waals surface area (Å²) in [4.78, 5) is 12.9. The van der Waals surface area contributed by atoms with Crippen LogP contribution in [0.2, 0.25) is 0 Å². The largest absolute Gasteiger partial charge is 0.293 e. The number of fused-ring (bicyclic) bond motifs is 1. The molecule has 1 aromatic rings. The predicted molar refractivity (Wildman–Crippen MR) is 63.6 cm³/mol. The van der Waals surface area contributed by atoms with Crippen LogP contribution >= 0.6 is 27.7 Å². The van der Waals surface area contributed by atoms with Crippen LogP contribution in [0.25, 0.3) is 0 Å². The fourth-order valence-corrected chi connectivity index (χ4v) is 2.89. The molecule has 1 atom stereocenters. The summed E-state index contributed by atoms with van der Waals surface area (Å²) < 4.78 is 0. The minimum atomic E-state index is -0.0883. The number of hydrogen-bond donors (Lipinski definition) is 0. The van der Waals surface area contributed by atoms with Crippen LogP contribution in [-0.2, 0) is 6.42 Å². The van der Waals surface area contributed by atoms with Gasteiger partial charge in [0.25, 0.3) is 0 Å². The zero-order chi connectivity index (χ0) is 10.1. The van der Waals surface area contributed by atoms with Gasteiger partial charge in [-0.05, 0) is 31.0 Å². The van der Waals surface area contributed by atoms with Crippen LogP contribution in [0.15, 0.2) is 23.1 Å². The van der Waals surface area contributed by atoms with Gasteiger partial charge in [0.2, 0.25) is 0 Å². The molecule has 0 fully saturated rings. The second kappa shape index (κ2) is 4.07. The molecule has 0 amide bonds. The van der Waals surface area contributed by atoms with E-state index in [4.69, 9.17) is 0 Å². The Morgan fingerprint density at radius 2 is 2.36 bits per heavy atom. The third-order valence-electron chi connectivity index (χ3n) is 2.34. The van der Waals surface area contributed by atoms with Gasteiger partial charge >= 0.3 is 0 Å². The first-order valence-electron chi connectivity index (χ1n) is 4.62. The smallest absolute Gasteiger partial charge is 0.176 e. The Bertz CT molecular complexity index is 374. The number of aryl methyl sites for hydroxylation is 1. The zero-order valence-corrected chi connectivity index (χ0v) is 10.3. The molecule has 1 unspecified atom stereocenters. The number of Topliss-reactive ketones (excluding diaryl/α,β-unsaturated/α-hetero) is 1. The fourth-order valence-electron chi connectivity index (χ4n) is 1.57. The SMILES string of the molecule is CC(Br)C(=O)c1ccc2c(c1)CCS2.